The van der Waals surface area contributed by atoms with Crippen molar-refractivity contribution >= 4 is 23.0 Å². The zero-order valence-corrected chi connectivity index (χ0v) is 21.8. The highest BCUT2D eigenvalue weighted by molar-refractivity contribution is 6.15. The summed E-state index contributed by atoms with van der Waals surface area (Å²) in [6.45, 7) is 8.65. The van der Waals surface area contributed by atoms with Crippen molar-refractivity contribution in [2.75, 3.05) is 17.3 Å². The molecule has 0 saturated carbocycles. The molecule has 0 saturated heterocycles. The summed E-state index contributed by atoms with van der Waals surface area (Å²) in [6.07, 6.45) is 8.56. The number of ether oxygens (including phenoxy) is 1. The third kappa shape index (κ3) is 6.40. The van der Waals surface area contributed by atoms with Gasteiger partial charge in [-0.2, -0.15) is 0 Å². The summed E-state index contributed by atoms with van der Waals surface area (Å²) in [5.74, 6) is -0.302. The Morgan fingerprint density at radius 3 is 2.50 bits per heavy atom. The van der Waals surface area contributed by atoms with Crippen molar-refractivity contribution in [1.29, 1.82) is 0 Å². The van der Waals surface area contributed by atoms with Crippen LogP contribution in [0.5, 0.6) is 17.2 Å². The van der Waals surface area contributed by atoms with Crippen LogP contribution < -0.4 is 10.2 Å². The summed E-state index contributed by atoms with van der Waals surface area (Å²) in [5.41, 5.74) is 3.26. The van der Waals surface area contributed by atoms with Crippen molar-refractivity contribution in [3.05, 3.63) is 59.2 Å². The summed E-state index contributed by atoms with van der Waals surface area (Å²) in [6, 6.07) is 7.20. The fourth-order valence-electron chi connectivity index (χ4n) is 4.39. The average Bonchev–Trinajstić information content (AvgIpc) is 2.93. The molecule has 0 spiro atoms. The SMILES string of the molecule is COC(/C=C(\C)CC/C=C(\C)CCCC(C)C)N1C(=O)c2cccc(O)c2Nc2c(O)cc(O)cc21. The van der Waals surface area contributed by atoms with Gasteiger partial charge in [0.15, 0.2) is 6.23 Å². The van der Waals surface area contributed by atoms with E-state index >= 15 is 0 Å². The minimum absolute atomic E-state index is 0.127. The second kappa shape index (κ2) is 12.0. The zero-order chi connectivity index (χ0) is 26.4. The predicted octanol–water partition coefficient (Wildman–Crippen LogP) is 6.98. The molecule has 1 aliphatic heterocycles. The van der Waals surface area contributed by atoms with Crippen LogP contribution >= 0.6 is 0 Å². The van der Waals surface area contributed by atoms with Crippen molar-refractivity contribution < 1.29 is 24.9 Å². The van der Waals surface area contributed by atoms with Crippen LogP contribution in [0.25, 0.3) is 0 Å². The number of nitrogens with one attached hydrogen (secondary N) is 1. The molecule has 1 heterocycles. The van der Waals surface area contributed by atoms with Crippen LogP contribution in [-0.4, -0.2) is 34.6 Å². The molecule has 4 N–H and O–H groups in total. The number of carbonyl (C=O) groups is 1. The van der Waals surface area contributed by atoms with Gasteiger partial charge in [-0.25, -0.2) is 0 Å². The molecule has 1 atom stereocenters. The lowest BCUT2D eigenvalue weighted by Crippen LogP contribution is -2.40. The van der Waals surface area contributed by atoms with Gasteiger partial charge in [-0.15, -0.1) is 0 Å². The smallest absolute Gasteiger partial charge is 0.262 e. The van der Waals surface area contributed by atoms with Gasteiger partial charge in [-0.3, -0.25) is 9.69 Å². The Balaban J connectivity index is 1.89. The van der Waals surface area contributed by atoms with Gasteiger partial charge < -0.3 is 25.4 Å². The number of phenols is 3. The Morgan fingerprint density at radius 2 is 1.81 bits per heavy atom. The molecule has 2 aromatic rings. The van der Waals surface area contributed by atoms with Gasteiger partial charge in [-0.05, 0) is 63.7 Å². The van der Waals surface area contributed by atoms with E-state index in [1.54, 1.807) is 12.1 Å². The Bertz CT molecular complexity index is 1150. The number of carbonyl (C=O) groups excluding carboxylic acids is 1. The molecule has 36 heavy (non-hydrogen) atoms. The molecule has 0 aromatic heterocycles. The molecule has 0 bridgehead atoms. The maximum absolute atomic E-state index is 13.7. The first-order valence-corrected chi connectivity index (χ1v) is 12.5. The number of methoxy groups -OCH3 is 1. The van der Waals surface area contributed by atoms with Gasteiger partial charge in [0.1, 0.15) is 22.9 Å². The normalized spacial score (nSPS) is 14.8. The first-order valence-electron chi connectivity index (χ1n) is 12.5. The lowest BCUT2D eigenvalue weighted by molar-refractivity contribution is 0.0860. The summed E-state index contributed by atoms with van der Waals surface area (Å²) >= 11 is 0. The van der Waals surface area contributed by atoms with E-state index in [4.69, 9.17) is 4.74 Å². The number of anilines is 3. The monoisotopic (exact) mass is 494 g/mol. The quantitative estimate of drug-likeness (QED) is 0.161. The van der Waals surface area contributed by atoms with Gasteiger partial charge >= 0.3 is 0 Å². The number of aromatic hydroxyl groups is 3. The molecule has 3 rings (SSSR count). The Labute approximate surface area is 213 Å². The second-order valence-electron chi connectivity index (χ2n) is 9.87. The number of nitrogens with zero attached hydrogens (tertiary/aromatic N) is 1. The van der Waals surface area contributed by atoms with Crippen molar-refractivity contribution in [3.63, 3.8) is 0 Å². The Kier molecular flexibility index (Phi) is 9.04. The summed E-state index contributed by atoms with van der Waals surface area (Å²) < 4.78 is 5.73. The number of hydrogen-bond acceptors (Lipinski definition) is 6. The number of para-hydroxylation sites is 1. The molecule has 0 aliphatic carbocycles. The molecular formula is C29H38N2O5. The minimum Gasteiger partial charge on any atom is -0.508 e. The van der Waals surface area contributed by atoms with E-state index in [0.717, 1.165) is 30.8 Å². The van der Waals surface area contributed by atoms with E-state index in [1.165, 1.54) is 48.6 Å². The van der Waals surface area contributed by atoms with Crippen LogP contribution in [0.1, 0.15) is 70.2 Å². The summed E-state index contributed by atoms with van der Waals surface area (Å²) in [5, 5.41) is 34.1. The van der Waals surface area contributed by atoms with Crippen LogP contribution in [0.15, 0.2) is 53.6 Å². The van der Waals surface area contributed by atoms with E-state index in [0.29, 0.717) is 0 Å². The van der Waals surface area contributed by atoms with Gasteiger partial charge in [-0.1, -0.05) is 43.6 Å². The van der Waals surface area contributed by atoms with Crippen molar-refractivity contribution in [2.24, 2.45) is 5.92 Å². The fraction of sp³-hybridized carbons (Fsp3) is 0.414. The molecule has 0 fully saturated rings. The highest BCUT2D eigenvalue weighted by Gasteiger charge is 2.34. The molecule has 7 nitrogen and oxygen atoms in total. The highest BCUT2D eigenvalue weighted by Crippen LogP contribution is 2.46. The van der Waals surface area contributed by atoms with E-state index in [9.17, 15) is 20.1 Å². The first-order chi connectivity index (χ1) is 17.1. The predicted molar refractivity (Wildman–Crippen MR) is 144 cm³/mol. The van der Waals surface area contributed by atoms with E-state index in [-0.39, 0.29) is 39.9 Å². The maximum Gasteiger partial charge on any atom is 0.262 e. The molecule has 194 valence electrons. The molecule has 7 heteroatoms. The van der Waals surface area contributed by atoms with Gasteiger partial charge in [0.2, 0.25) is 0 Å². The van der Waals surface area contributed by atoms with Gasteiger partial charge in [0, 0.05) is 19.2 Å². The maximum atomic E-state index is 13.7. The first kappa shape index (κ1) is 27.1. The number of hydrogen-bond donors (Lipinski definition) is 4. The highest BCUT2D eigenvalue weighted by atomic mass is 16.5. The van der Waals surface area contributed by atoms with Crippen molar-refractivity contribution in [1.82, 2.24) is 0 Å². The van der Waals surface area contributed by atoms with Crippen molar-refractivity contribution in [3.8, 4) is 17.2 Å². The van der Waals surface area contributed by atoms with Crippen LogP contribution in [0.4, 0.5) is 17.1 Å². The largest absolute Gasteiger partial charge is 0.508 e. The molecule has 1 aliphatic rings. The standard InChI is InChI=1S/C29H38N2O5/c1-18(2)9-6-10-19(3)11-7-12-20(4)15-26(36-5)31-23-16-21(32)17-25(34)28(23)30-27-22(29(31)35)13-8-14-24(27)33/h8,11,13-18,26,30,32-34H,6-7,9-10,12H2,1-5H3/b19-11+,20-15+. The number of amides is 1. The van der Waals surface area contributed by atoms with Crippen LogP contribution in [0, 0.1) is 5.92 Å². The average molecular weight is 495 g/mol. The van der Waals surface area contributed by atoms with Crippen LogP contribution in [0.3, 0.4) is 0 Å². The molecule has 1 unspecified atom stereocenters. The molecular weight excluding hydrogens is 456 g/mol. The zero-order valence-electron chi connectivity index (χ0n) is 21.8. The van der Waals surface area contributed by atoms with E-state index < -0.39 is 12.1 Å². The fourth-order valence-corrected chi connectivity index (χ4v) is 4.39. The van der Waals surface area contributed by atoms with E-state index in [1.807, 2.05) is 13.0 Å². The molecule has 1 amide bonds. The summed E-state index contributed by atoms with van der Waals surface area (Å²) in [4.78, 5) is 15.1. The summed E-state index contributed by atoms with van der Waals surface area (Å²) in [7, 11) is 1.50. The van der Waals surface area contributed by atoms with Gasteiger partial charge in [0.05, 0.1) is 16.9 Å². The van der Waals surface area contributed by atoms with Crippen LogP contribution in [-0.2, 0) is 4.74 Å². The number of allylic oxidation sites excluding steroid dienone is 3. The number of rotatable bonds is 10. The number of phenolic OH excluding ortho intramolecular Hbond substituents is 3. The van der Waals surface area contributed by atoms with E-state index in [2.05, 4.69) is 32.2 Å². The molecule has 2 aromatic carbocycles. The second-order valence-corrected chi connectivity index (χ2v) is 9.87. The minimum atomic E-state index is -0.802. The Morgan fingerprint density at radius 1 is 1.06 bits per heavy atom. The lowest BCUT2D eigenvalue weighted by atomic mass is 10.0. The topological polar surface area (TPSA) is 102 Å². The van der Waals surface area contributed by atoms with Gasteiger partial charge in [0.25, 0.3) is 5.91 Å². The van der Waals surface area contributed by atoms with Crippen LogP contribution in [0.2, 0.25) is 0 Å². The number of fused-ring (bicyclic) bond motifs is 2. The molecule has 0 radical (unpaired) electrons. The van der Waals surface area contributed by atoms with Crippen molar-refractivity contribution in [2.45, 2.75) is 66.0 Å². The third-order valence-electron chi connectivity index (χ3n) is 6.39. The Hall–Kier alpha value is -3.45. The number of benzene rings is 2. The third-order valence-corrected chi connectivity index (χ3v) is 6.39. The lowest BCUT2D eigenvalue weighted by Gasteiger charge is -2.29.